The first-order valence-corrected chi connectivity index (χ1v) is 6.50. The van der Waals surface area contributed by atoms with Gasteiger partial charge in [0.05, 0.1) is 24.0 Å². The van der Waals surface area contributed by atoms with Gasteiger partial charge in [-0.15, -0.1) is 0 Å². The third-order valence-electron chi connectivity index (χ3n) is 3.16. The van der Waals surface area contributed by atoms with Gasteiger partial charge in [-0.05, 0) is 20.3 Å². The summed E-state index contributed by atoms with van der Waals surface area (Å²) in [4.78, 5) is 9.80. The third kappa shape index (κ3) is 3.01. The van der Waals surface area contributed by atoms with Crippen LogP contribution in [0.25, 0.3) is 0 Å². The van der Waals surface area contributed by atoms with Crippen LogP contribution in [0, 0.1) is 5.82 Å². The number of halogens is 1. The normalized spacial score (nSPS) is 22.6. The van der Waals surface area contributed by atoms with Gasteiger partial charge >= 0.3 is 0 Å². The van der Waals surface area contributed by atoms with E-state index in [1.165, 1.54) is 6.33 Å². The number of nitrogens with zero attached hydrogens (tertiary/aromatic N) is 3. The Labute approximate surface area is 112 Å². The van der Waals surface area contributed by atoms with Gasteiger partial charge in [-0.25, -0.2) is 14.4 Å². The summed E-state index contributed by atoms with van der Waals surface area (Å²) in [6.07, 6.45) is 1.58. The molecule has 1 aromatic heterocycles. The molecule has 1 unspecified atom stereocenters. The van der Waals surface area contributed by atoms with Crippen molar-refractivity contribution in [1.82, 2.24) is 9.97 Å². The molecule has 1 atom stereocenters. The molecule has 1 aromatic rings. The molecule has 0 aliphatic carbocycles. The highest BCUT2D eigenvalue weighted by molar-refractivity contribution is 5.42. The van der Waals surface area contributed by atoms with Crippen LogP contribution in [0.15, 0.2) is 6.33 Å². The molecule has 1 N–H and O–H groups in total. The molecule has 2 heterocycles. The molecule has 1 fully saturated rings. The summed E-state index contributed by atoms with van der Waals surface area (Å²) in [5.41, 5.74) is -0.0371. The van der Waals surface area contributed by atoms with E-state index in [4.69, 9.17) is 4.74 Å². The highest BCUT2D eigenvalue weighted by atomic mass is 19.1. The Morgan fingerprint density at radius 1 is 1.53 bits per heavy atom. The molecule has 1 aliphatic heterocycles. The molecule has 6 heteroatoms. The highest BCUT2D eigenvalue weighted by Gasteiger charge is 2.35. The lowest BCUT2D eigenvalue weighted by Gasteiger charge is -2.42. The van der Waals surface area contributed by atoms with Crippen LogP contribution in [0.2, 0.25) is 0 Å². The number of anilines is 1. The van der Waals surface area contributed by atoms with Crippen LogP contribution in [0.1, 0.15) is 26.5 Å². The standard InChI is InChI=1S/C13H20FN3O2/c1-4-10-11(14)12(16-8-15-10)17-5-9(6-18)19-13(2,3)7-17/h8-9,18H,4-7H2,1-3H3. The zero-order chi connectivity index (χ0) is 14.0. The lowest BCUT2D eigenvalue weighted by atomic mass is 10.1. The van der Waals surface area contributed by atoms with Gasteiger partial charge in [-0.3, -0.25) is 0 Å². The summed E-state index contributed by atoms with van der Waals surface area (Å²) in [5, 5.41) is 9.28. The van der Waals surface area contributed by atoms with Crippen molar-refractivity contribution in [3.05, 3.63) is 17.8 Å². The van der Waals surface area contributed by atoms with E-state index in [1.54, 1.807) is 0 Å². The molecule has 19 heavy (non-hydrogen) atoms. The van der Waals surface area contributed by atoms with Gasteiger partial charge in [0.1, 0.15) is 6.33 Å². The Balaban J connectivity index is 2.30. The number of aliphatic hydroxyl groups excluding tert-OH is 1. The lowest BCUT2D eigenvalue weighted by Crippen LogP contribution is -2.54. The Hall–Kier alpha value is -1.27. The van der Waals surface area contributed by atoms with Crippen LogP contribution in [0.4, 0.5) is 10.2 Å². The summed E-state index contributed by atoms with van der Waals surface area (Å²) in [7, 11) is 0. The molecule has 106 valence electrons. The Morgan fingerprint density at radius 2 is 2.26 bits per heavy atom. The summed E-state index contributed by atoms with van der Waals surface area (Å²) in [6, 6.07) is 0. The van der Waals surface area contributed by atoms with E-state index < -0.39 is 5.60 Å². The van der Waals surface area contributed by atoms with Crippen LogP contribution < -0.4 is 4.90 Å². The number of hydrogen-bond acceptors (Lipinski definition) is 5. The van der Waals surface area contributed by atoms with Crippen molar-refractivity contribution in [2.75, 3.05) is 24.6 Å². The Kier molecular flexibility index (Phi) is 4.01. The topological polar surface area (TPSA) is 58.5 Å². The van der Waals surface area contributed by atoms with E-state index in [2.05, 4.69) is 9.97 Å². The van der Waals surface area contributed by atoms with E-state index >= 15 is 0 Å². The fourth-order valence-electron chi connectivity index (χ4n) is 2.41. The summed E-state index contributed by atoms with van der Waals surface area (Å²) < 4.78 is 20.0. The molecule has 0 amide bonds. The van der Waals surface area contributed by atoms with Crippen LogP contribution >= 0.6 is 0 Å². The first-order chi connectivity index (χ1) is 8.96. The highest BCUT2D eigenvalue weighted by Crippen LogP contribution is 2.27. The Bertz CT molecular complexity index is 454. The molecule has 0 radical (unpaired) electrons. The monoisotopic (exact) mass is 269 g/mol. The van der Waals surface area contributed by atoms with Gasteiger partial charge in [0.25, 0.3) is 0 Å². The van der Waals surface area contributed by atoms with Crippen LogP contribution in [0.3, 0.4) is 0 Å². The molecule has 1 saturated heterocycles. The minimum atomic E-state index is -0.449. The van der Waals surface area contributed by atoms with Crippen molar-refractivity contribution in [2.45, 2.75) is 38.9 Å². The number of aryl methyl sites for hydroxylation is 1. The average molecular weight is 269 g/mol. The quantitative estimate of drug-likeness (QED) is 0.892. The van der Waals surface area contributed by atoms with Crippen molar-refractivity contribution in [2.24, 2.45) is 0 Å². The second kappa shape index (κ2) is 5.38. The number of aromatic nitrogens is 2. The zero-order valence-corrected chi connectivity index (χ0v) is 11.6. The van der Waals surface area contributed by atoms with E-state index in [1.807, 2.05) is 25.7 Å². The number of morpholine rings is 1. The van der Waals surface area contributed by atoms with E-state index in [9.17, 15) is 9.50 Å². The van der Waals surface area contributed by atoms with E-state index in [-0.39, 0.29) is 18.5 Å². The van der Waals surface area contributed by atoms with E-state index in [0.29, 0.717) is 31.0 Å². The second-order valence-electron chi connectivity index (χ2n) is 5.37. The van der Waals surface area contributed by atoms with Gasteiger partial charge in [-0.1, -0.05) is 6.92 Å². The fourth-order valence-corrected chi connectivity index (χ4v) is 2.41. The van der Waals surface area contributed by atoms with Crippen molar-refractivity contribution in [1.29, 1.82) is 0 Å². The van der Waals surface area contributed by atoms with Gasteiger partial charge in [0, 0.05) is 13.1 Å². The Morgan fingerprint density at radius 3 is 2.89 bits per heavy atom. The lowest BCUT2D eigenvalue weighted by molar-refractivity contribution is -0.101. The number of aliphatic hydroxyl groups is 1. The molecular weight excluding hydrogens is 249 g/mol. The van der Waals surface area contributed by atoms with Crippen LogP contribution in [-0.2, 0) is 11.2 Å². The number of hydrogen-bond donors (Lipinski definition) is 1. The maximum atomic E-state index is 14.3. The number of ether oxygens (including phenoxy) is 1. The zero-order valence-electron chi connectivity index (χ0n) is 11.6. The van der Waals surface area contributed by atoms with Crippen molar-refractivity contribution < 1.29 is 14.2 Å². The van der Waals surface area contributed by atoms with Gasteiger partial charge in [0.15, 0.2) is 11.6 Å². The molecule has 0 spiro atoms. The predicted molar refractivity (Wildman–Crippen MR) is 69.6 cm³/mol. The molecule has 2 rings (SSSR count). The summed E-state index contributed by atoms with van der Waals surface area (Å²) >= 11 is 0. The van der Waals surface area contributed by atoms with Crippen LogP contribution in [0.5, 0.6) is 0 Å². The molecule has 1 aliphatic rings. The first kappa shape index (κ1) is 14.1. The largest absolute Gasteiger partial charge is 0.394 e. The summed E-state index contributed by atoms with van der Waals surface area (Å²) in [6.45, 7) is 6.56. The van der Waals surface area contributed by atoms with Crippen molar-refractivity contribution in [3.63, 3.8) is 0 Å². The van der Waals surface area contributed by atoms with Crippen LogP contribution in [-0.4, -0.2) is 46.5 Å². The maximum Gasteiger partial charge on any atom is 0.187 e. The summed E-state index contributed by atoms with van der Waals surface area (Å²) in [5.74, 6) is -0.0823. The SMILES string of the molecule is CCc1ncnc(N2CC(CO)OC(C)(C)C2)c1F. The smallest absolute Gasteiger partial charge is 0.187 e. The van der Waals surface area contributed by atoms with Gasteiger partial charge < -0.3 is 14.7 Å². The second-order valence-corrected chi connectivity index (χ2v) is 5.37. The maximum absolute atomic E-state index is 14.3. The van der Waals surface area contributed by atoms with Gasteiger partial charge in [-0.2, -0.15) is 0 Å². The van der Waals surface area contributed by atoms with Crippen molar-refractivity contribution >= 4 is 5.82 Å². The van der Waals surface area contributed by atoms with Gasteiger partial charge in [0.2, 0.25) is 0 Å². The third-order valence-corrected chi connectivity index (χ3v) is 3.16. The van der Waals surface area contributed by atoms with Crippen molar-refractivity contribution in [3.8, 4) is 0 Å². The molecule has 0 bridgehead atoms. The predicted octanol–water partition coefficient (Wildman–Crippen LogP) is 1.15. The molecule has 0 aromatic carbocycles. The average Bonchev–Trinajstić information content (AvgIpc) is 2.37. The minimum Gasteiger partial charge on any atom is -0.394 e. The molecule has 0 saturated carbocycles. The molecule has 5 nitrogen and oxygen atoms in total. The van der Waals surface area contributed by atoms with E-state index in [0.717, 1.165) is 0 Å². The minimum absolute atomic E-state index is 0.0900. The molecular formula is C13H20FN3O2. The fraction of sp³-hybridized carbons (Fsp3) is 0.692. The first-order valence-electron chi connectivity index (χ1n) is 6.50. The number of rotatable bonds is 3.